The van der Waals surface area contributed by atoms with E-state index in [-0.39, 0.29) is 9.77 Å². The van der Waals surface area contributed by atoms with Gasteiger partial charge in [0, 0.05) is 17.8 Å². The molecule has 1 aromatic heterocycles. The van der Waals surface area contributed by atoms with Gasteiger partial charge in [0.25, 0.3) is 10.0 Å². The number of nitrogens with one attached hydrogen (secondary N) is 2. The lowest BCUT2D eigenvalue weighted by Crippen LogP contribution is -2.22. The number of ether oxygens (including phenoxy) is 2. The number of anilines is 2. The summed E-state index contributed by atoms with van der Waals surface area (Å²) in [5.41, 5.74) is 1.19. The van der Waals surface area contributed by atoms with Gasteiger partial charge in [-0.1, -0.05) is 19.3 Å². The van der Waals surface area contributed by atoms with Gasteiger partial charge < -0.3 is 14.8 Å². The molecule has 0 spiro atoms. The maximum Gasteiger partial charge on any atom is 0.349 e. The van der Waals surface area contributed by atoms with Crippen LogP contribution in [-0.2, 0) is 14.8 Å². The van der Waals surface area contributed by atoms with E-state index < -0.39 is 16.0 Å². The number of esters is 1. The Kier molecular flexibility index (Phi) is 6.46. The molecule has 9 heteroatoms. The molecular formula is C19H24N2O5S2. The largest absolute Gasteiger partial charge is 0.494 e. The lowest BCUT2D eigenvalue weighted by molar-refractivity contribution is 0.0602. The van der Waals surface area contributed by atoms with Crippen molar-refractivity contribution in [3.63, 3.8) is 0 Å². The molecule has 0 saturated heterocycles. The minimum Gasteiger partial charge on any atom is -0.494 e. The molecule has 1 fully saturated rings. The second kappa shape index (κ2) is 8.83. The standard InChI is InChI=1S/C19H24N2O5S2/c1-25-16-12-14(20-13-6-4-3-5-7-13)8-9-15(16)21-28(23,24)17-10-11-27-18(17)19(22)26-2/h8-13,20-21H,3-7H2,1-2H3. The van der Waals surface area contributed by atoms with Crippen molar-refractivity contribution in [3.8, 4) is 5.75 Å². The van der Waals surface area contributed by atoms with Gasteiger partial charge in [0.05, 0.1) is 19.9 Å². The maximum atomic E-state index is 12.8. The van der Waals surface area contributed by atoms with E-state index in [1.165, 1.54) is 44.9 Å². The average Bonchev–Trinajstić information content (AvgIpc) is 3.20. The SMILES string of the molecule is COC(=O)c1sccc1S(=O)(=O)Nc1ccc(NC2CCCCC2)cc1OC. The van der Waals surface area contributed by atoms with Gasteiger partial charge in [0.1, 0.15) is 15.5 Å². The Bertz CT molecular complexity index is 934. The predicted octanol–water partition coefficient (Wildman–Crippen LogP) is 4.09. The molecule has 3 rings (SSSR count). The minimum atomic E-state index is -3.97. The van der Waals surface area contributed by atoms with Crippen LogP contribution < -0.4 is 14.8 Å². The Morgan fingerprint density at radius 3 is 2.57 bits per heavy atom. The number of hydrogen-bond donors (Lipinski definition) is 2. The van der Waals surface area contributed by atoms with Crippen LogP contribution in [0.25, 0.3) is 0 Å². The van der Waals surface area contributed by atoms with E-state index in [4.69, 9.17) is 4.74 Å². The molecule has 0 radical (unpaired) electrons. The third kappa shape index (κ3) is 4.59. The quantitative estimate of drug-likeness (QED) is 0.650. The number of hydrogen-bond acceptors (Lipinski definition) is 7. The first-order valence-corrected chi connectivity index (χ1v) is 11.4. The van der Waals surface area contributed by atoms with Crippen molar-refractivity contribution in [2.24, 2.45) is 0 Å². The Labute approximate surface area is 169 Å². The average molecular weight is 425 g/mol. The second-order valence-electron chi connectivity index (χ2n) is 6.61. The molecule has 0 aliphatic heterocycles. The Balaban J connectivity index is 1.81. The molecule has 0 bridgehead atoms. The van der Waals surface area contributed by atoms with E-state index in [0.29, 0.717) is 17.5 Å². The highest BCUT2D eigenvalue weighted by Crippen LogP contribution is 2.33. The van der Waals surface area contributed by atoms with Gasteiger partial charge in [-0.2, -0.15) is 0 Å². The molecule has 1 heterocycles. The highest BCUT2D eigenvalue weighted by atomic mass is 32.2. The van der Waals surface area contributed by atoms with Crippen LogP contribution >= 0.6 is 11.3 Å². The number of carbonyl (C=O) groups is 1. The van der Waals surface area contributed by atoms with Crippen LogP contribution in [-0.4, -0.2) is 34.6 Å². The van der Waals surface area contributed by atoms with E-state index in [1.807, 2.05) is 6.07 Å². The molecule has 1 saturated carbocycles. The number of thiophene rings is 1. The summed E-state index contributed by atoms with van der Waals surface area (Å²) in [5, 5.41) is 5.03. The molecule has 0 amide bonds. The van der Waals surface area contributed by atoms with E-state index in [1.54, 1.807) is 12.1 Å². The van der Waals surface area contributed by atoms with Gasteiger partial charge >= 0.3 is 5.97 Å². The van der Waals surface area contributed by atoms with Crippen molar-refractivity contribution in [2.45, 2.75) is 43.0 Å². The van der Waals surface area contributed by atoms with Crippen LogP contribution in [0.4, 0.5) is 11.4 Å². The lowest BCUT2D eigenvalue weighted by atomic mass is 9.95. The molecule has 2 N–H and O–H groups in total. The summed E-state index contributed by atoms with van der Waals surface area (Å²) >= 11 is 1.02. The molecule has 0 atom stereocenters. The summed E-state index contributed by atoms with van der Waals surface area (Å²) in [6, 6.07) is 7.07. The number of methoxy groups -OCH3 is 2. The third-order valence-electron chi connectivity index (χ3n) is 4.71. The fourth-order valence-corrected chi connectivity index (χ4v) is 5.70. The number of carbonyl (C=O) groups excluding carboxylic acids is 1. The topological polar surface area (TPSA) is 93.7 Å². The zero-order chi connectivity index (χ0) is 20.1. The van der Waals surface area contributed by atoms with Crippen LogP contribution in [0.3, 0.4) is 0 Å². The third-order valence-corrected chi connectivity index (χ3v) is 7.14. The first-order chi connectivity index (χ1) is 13.4. The number of benzene rings is 1. The molecule has 1 aliphatic carbocycles. The smallest absolute Gasteiger partial charge is 0.349 e. The van der Waals surface area contributed by atoms with Gasteiger partial charge in [-0.3, -0.25) is 4.72 Å². The Morgan fingerprint density at radius 1 is 1.14 bits per heavy atom. The molecule has 1 aliphatic rings. The van der Waals surface area contributed by atoms with Crippen LogP contribution in [0.5, 0.6) is 5.75 Å². The van der Waals surface area contributed by atoms with Crippen LogP contribution in [0.1, 0.15) is 41.8 Å². The van der Waals surface area contributed by atoms with Crippen molar-refractivity contribution in [1.29, 1.82) is 0 Å². The highest BCUT2D eigenvalue weighted by molar-refractivity contribution is 7.93. The minimum absolute atomic E-state index is 0.0320. The van der Waals surface area contributed by atoms with Gasteiger partial charge in [0.2, 0.25) is 0 Å². The monoisotopic (exact) mass is 424 g/mol. The number of rotatable bonds is 7. The predicted molar refractivity (Wildman–Crippen MR) is 110 cm³/mol. The fraction of sp³-hybridized carbons (Fsp3) is 0.421. The van der Waals surface area contributed by atoms with E-state index in [0.717, 1.165) is 29.9 Å². The van der Waals surface area contributed by atoms with Gasteiger partial charge in [-0.05, 0) is 36.4 Å². The van der Waals surface area contributed by atoms with Crippen LogP contribution in [0.2, 0.25) is 0 Å². The van der Waals surface area contributed by atoms with Crippen LogP contribution in [0, 0.1) is 0 Å². The first-order valence-electron chi connectivity index (χ1n) is 9.08. The summed E-state index contributed by atoms with van der Waals surface area (Å²) in [5.74, 6) is -0.284. The molecular weight excluding hydrogens is 400 g/mol. The molecule has 28 heavy (non-hydrogen) atoms. The van der Waals surface area contributed by atoms with E-state index >= 15 is 0 Å². The summed E-state index contributed by atoms with van der Waals surface area (Å²) in [7, 11) is -1.27. The Morgan fingerprint density at radius 2 is 1.89 bits per heavy atom. The van der Waals surface area contributed by atoms with Crippen LogP contribution in [0.15, 0.2) is 34.5 Å². The van der Waals surface area contributed by atoms with Crippen molar-refractivity contribution >= 4 is 38.7 Å². The lowest BCUT2D eigenvalue weighted by Gasteiger charge is -2.24. The zero-order valence-electron chi connectivity index (χ0n) is 15.9. The molecule has 152 valence electrons. The second-order valence-corrected chi connectivity index (χ2v) is 9.17. The van der Waals surface area contributed by atoms with Crippen molar-refractivity contribution in [1.82, 2.24) is 0 Å². The molecule has 2 aromatic rings. The van der Waals surface area contributed by atoms with Gasteiger partial charge in [-0.25, -0.2) is 13.2 Å². The van der Waals surface area contributed by atoms with E-state index in [2.05, 4.69) is 14.8 Å². The summed E-state index contributed by atoms with van der Waals surface area (Å²) in [6.07, 6.45) is 5.97. The van der Waals surface area contributed by atoms with E-state index in [9.17, 15) is 13.2 Å². The van der Waals surface area contributed by atoms with Gasteiger partial charge in [0.15, 0.2) is 0 Å². The Hall–Kier alpha value is -2.26. The summed E-state index contributed by atoms with van der Waals surface area (Å²) in [6.45, 7) is 0. The zero-order valence-corrected chi connectivity index (χ0v) is 17.5. The van der Waals surface area contributed by atoms with Crippen molar-refractivity contribution in [2.75, 3.05) is 24.3 Å². The first kappa shape index (κ1) is 20.5. The molecule has 1 aromatic carbocycles. The van der Waals surface area contributed by atoms with Crippen molar-refractivity contribution < 1.29 is 22.7 Å². The summed E-state index contributed by atoms with van der Waals surface area (Å²) < 4.78 is 38.1. The number of sulfonamides is 1. The fourth-order valence-electron chi connectivity index (χ4n) is 3.30. The maximum absolute atomic E-state index is 12.8. The molecule has 7 nitrogen and oxygen atoms in total. The summed E-state index contributed by atoms with van der Waals surface area (Å²) in [4.78, 5) is 11.7. The molecule has 0 unspecified atom stereocenters. The normalized spacial score (nSPS) is 15.1. The van der Waals surface area contributed by atoms with Gasteiger partial charge in [-0.15, -0.1) is 11.3 Å². The van der Waals surface area contributed by atoms with Crippen molar-refractivity contribution in [3.05, 3.63) is 34.5 Å². The highest BCUT2D eigenvalue weighted by Gasteiger charge is 2.26.